The van der Waals surface area contributed by atoms with Crippen LogP contribution in [0.25, 0.3) is 6.08 Å². The Kier molecular flexibility index (Phi) is 8.25. The molecule has 0 saturated carbocycles. The summed E-state index contributed by atoms with van der Waals surface area (Å²) in [6, 6.07) is 15.8. The van der Waals surface area contributed by atoms with Crippen molar-refractivity contribution in [2.24, 2.45) is 4.99 Å². The van der Waals surface area contributed by atoms with Gasteiger partial charge < -0.3 is 10.1 Å². The fourth-order valence-corrected chi connectivity index (χ4v) is 3.97. The highest BCUT2D eigenvalue weighted by Gasteiger charge is 2.32. The predicted octanol–water partition coefficient (Wildman–Crippen LogP) is 4.36. The molecule has 0 atom stereocenters. The lowest BCUT2D eigenvalue weighted by Crippen LogP contribution is -2.33. The third-order valence-electron chi connectivity index (χ3n) is 4.99. The summed E-state index contributed by atoms with van der Waals surface area (Å²) >= 11 is 1.24. The molecule has 0 bridgehead atoms. The van der Waals surface area contributed by atoms with E-state index in [1.165, 1.54) is 17.3 Å². The van der Waals surface area contributed by atoms with Crippen LogP contribution >= 0.6 is 11.8 Å². The van der Waals surface area contributed by atoms with Gasteiger partial charge in [-0.3, -0.25) is 14.5 Å². The number of ether oxygens (including phenoxy) is 1. The van der Waals surface area contributed by atoms with Gasteiger partial charge >= 0.3 is 0 Å². The maximum Gasteiger partial charge on any atom is 0.283 e. The number of nitrogens with zero attached hydrogens (tertiary/aromatic N) is 2. The minimum Gasteiger partial charge on any atom is -0.383 e. The monoisotopic (exact) mass is 451 g/mol. The number of carbonyl (C=O) groups is 2. The number of anilines is 1. The Morgan fingerprint density at radius 1 is 1.16 bits per heavy atom. The second-order valence-electron chi connectivity index (χ2n) is 7.85. The highest BCUT2D eigenvalue weighted by molar-refractivity contribution is 8.14. The van der Waals surface area contributed by atoms with Crippen LogP contribution in [-0.2, 0) is 14.3 Å². The minimum atomic E-state index is -0.205. The van der Waals surface area contributed by atoms with E-state index in [1.54, 1.807) is 18.1 Å². The Bertz CT molecular complexity index is 1010. The third-order valence-corrected chi connectivity index (χ3v) is 5.93. The van der Waals surface area contributed by atoms with E-state index in [4.69, 9.17) is 4.74 Å². The molecule has 6 nitrogen and oxygen atoms in total. The van der Waals surface area contributed by atoms with Gasteiger partial charge in [-0.1, -0.05) is 67.6 Å². The second-order valence-corrected chi connectivity index (χ2v) is 8.80. The second kappa shape index (κ2) is 11.1. The maximum absolute atomic E-state index is 13.2. The molecule has 2 amide bonds. The molecule has 2 aromatic rings. The Morgan fingerprint density at radius 3 is 2.47 bits per heavy atom. The van der Waals surface area contributed by atoms with Crippen molar-refractivity contribution in [3.63, 3.8) is 0 Å². The molecule has 168 valence electrons. The summed E-state index contributed by atoms with van der Waals surface area (Å²) in [5.41, 5.74) is 4.33. The van der Waals surface area contributed by atoms with Gasteiger partial charge in [0.15, 0.2) is 5.17 Å². The first-order valence-corrected chi connectivity index (χ1v) is 11.6. The number of carbonyl (C=O) groups excluding carboxylic acids is 2. The molecule has 7 heteroatoms. The summed E-state index contributed by atoms with van der Waals surface area (Å²) in [5.74, 6) is 0.268. The molecule has 0 fully saturated rings. The van der Waals surface area contributed by atoms with Crippen molar-refractivity contribution in [2.75, 3.05) is 30.9 Å². The highest BCUT2D eigenvalue weighted by atomic mass is 32.2. The number of aliphatic imine (C=N–C) groups is 1. The Morgan fingerprint density at radius 2 is 1.84 bits per heavy atom. The first kappa shape index (κ1) is 23.8. The van der Waals surface area contributed by atoms with E-state index in [0.717, 1.165) is 16.8 Å². The number of benzene rings is 2. The fraction of sp³-hybridized carbons (Fsp3) is 0.320. The van der Waals surface area contributed by atoms with Crippen LogP contribution in [-0.4, -0.2) is 43.0 Å². The first-order chi connectivity index (χ1) is 15.4. The summed E-state index contributed by atoms with van der Waals surface area (Å²) in [4.78, 5) is 31.5. The van der Waals surface area contributed by atoms with Gasteiger partial charge in [0.05, 0.1) is 18.0 Å². The lowest BCUT2D eigenvalue weighted by atomic mass is 10.0. The zero-order valence-electron chi connectivity index (χ0n) is 18.9. The smallest absolute Gasteiger partial charge is 0.283 e. The molecule has 0 aromatic heterocycles. The number of hydrogen-bond donors (Lipinski definition) is 1. The topological polar surface area (TPSA) is 71.0 Å². The molecule has 3 rings (SSSR count). The Balaban J connectivity index is 1.83. The van der Waals surface area contributed by atoms with Crippen molar-refractivity contribution >= 4 is 40.5 Å². The van der Waals surface area contributed by atoms with Crippen molar-refractivity contribution in [3.05, 3.63) is 70.9 Å². The molecule has 0 unspecified atom stereocenters. The van der Waals surface area contributed by atoms with E-state index < -0.39 is 0 Å². The predicted molar refractivity (Wildman–Crippen MR) is 132 cm³/mol. The molecule has 1 aliphatic rings. The molecule has 0 radical (unpaired) electrons. The zero-order chi connectivity index (χ0) is 23.1. The van der Waals surface area contributed by atoms with Gasteiger partial charge in [-0.2, -0.15) is 0 Å². The lowest BCUT2D eigenvalue weighted by Gasteiger charge is -2.18. The summed E-state index contributed by atoms with van der Waals surface area (Å²) in [7, 11) is 1.59. The molecular weight excluding hydrogens is 422 g/mol. The van der Waals surface area contributed by atoms with Gasteiger partial charge in [-0.15, -0.1) is 0 Å². The van der Waals surface area contributed by atoms with Crippen molar-refractivity contribution < 1.29 is 14.3 Å². The van der Waals surface area contributed by atoms with E-state index in [2.05, 4.69) is 36.3 Å². The molecule has 0 aliphatic carbocycles. The first-order valence-electron chi connectivity index (χ1n) is 10.6. The van der Waals surface area contributed by atoms with Gasteiger partial charge in [0.1, 0.15) is 5.70 Å². The number of hydrogen-bond acceptors (Lipinski definition) is 5. The molecule has 0 saturated heterocycles. The standard InChI is InChI=1S/C25H29N3O3S/c1-17(2)20-9-7-19(8-10-20)15-22-24(30)28(21-11-5-18(3)6-12-21)25(27-22)32-16-23(29)26-13-14-31-4/h5-12,15,17H,13-14,16H2,1-4H3,(H,26,29)/b22-15-. The number of amidine groups is 1. The van der Waals surface area contributed by atoms with Crippen molar-refractivity contribution in [1.29, 1.82) is 0 Å². The van der Waals surface area contributed by atoms with Gasteiger partial charge in [0.25, 0.3) is 5.91 Å². The van der Waals surface area contributed by atoms with Crippen LogP contribution in [0.2, 0.25) is 0 Å². The summed E-state index contributed by atoms with van der Waals surface area (Å²) in [5, 5.41) is 3.28. The number of rotatable bonds is 8. The normalized spacial score (nSPS) is 14.9. The average Bonchev–Trinajstić information content (AvgIpc) is 3.08. The SMILES string of the molecule is COCCNC(=O)CSC1=N/C(=C\c2ccc(C(C)C)cc2)C(=O)N1c1ccc(C)cc1. The van der Waals surface area contributed by atoms with Crippen LogP contribution in [0.15, 0.2) is 59.2 Å². The van der Waals surface area contributed by atoms with Crippen LogP contribution < -0.4 is 10.2 Å². The van der Waals surface area contributed by atoms with E-state index in [0.29, 0.717) is 29.9 Å². The summed E-state index contributed by atoms with van der Waals surface area (Å²) < 4.78 is 4.95. The molecule has 0 spiro atoms. The molecular formula is C25H29N3O3S. The minimum absolute atomic E-state index is 0.132. The van der Waals surface area contributed by atoms with E-state index >= 15 is 0 Å². The van der Waals surface area contributed by atoms with Crippen LogP contribution in [0.5, 0.6) is 0 Å². The lowest BCUT2D eigenvalue weighted by molar-refractivity contribution is -0.118. The van der Waals surface area contributed by atoms with Crippen LogP contribution in [0.3, 0.4) is 0 Å². The van der Waals surface area contributed by atoms with Crippen LogP contribution in [0.4, 0.5) is 5.69 Å². The Hall–Kier alpha value is -2.90. The van der Waals surface area contributed by atoms with Gasteiger partial charge in [0, 0.05) is 13.7 Å². The summed E-state index contributed by atoms with van der Waals surface area (Å²) in [6.45, 7) is 7.18. The summed E-state index contributed by atoms with van der Waals surface area (Å²) in [6.07, 6.45) is 1.79. The Labute approximate surface area is 193 Å². The quantitative estimate of drug-likeness (QED) is 0.478. The number of nitrogens with one attached hydrogen (secondary N) is 1. The molecule has 1 aliphatic heterocycles. The number of aryl methyl sites for hydroxylation is 1. The van der Waals surface area contributed by atoms with E-state index in [-0.39, 0.29) is 17.6 Å². The number of thioether (sulfide) groups is 1. The maximum atomic E-state index is 13.2. The molecule has 1 heterocycles. The third kappa shape index (κ3) is 6.08. The fourth-order valence-electron chi connectivity index (χ4n) is 3.12. The highest BCUT2D eigenvalue weighted by Crippen LogP contribution is 2.29. The molecule has 32 heavy (non-hydrogen) atoms. The van der Waals surface area contributed by atoms with Crippen molar-refractivity contribution in [3.8, 4) is 0 Å². The van der Waals surface area contributed by atoms with Crippen molar-refractivity contribution in [2.45, 2.75) is 26.7 Å². The molecule has 1 N–H and O–H groups in total. The number of methoxy groups -OCH3 is 1. The van der Waals surface area contributed by atoms with E-state index in [1.807, 2.05) is 43.3 Å². The van der Waals surface area contributed by atoms with Gasteiger partial charge in [-0.25, -0.2) is 4.99 Å². The van der Waals surface area contributed by atoms with Crippen LogP contribution in [0.1, 0.15) is 36.5 Å². The zero-order valence-corrected chi connectivity index (χ0v) is 19.7. The van der Waals surface area contributed by atoms with Gasteiger partial charge in [0.2, 0.25) is 5.91 Å². The molecule has 2 aromatic carbocycles. The van der Waals surface area contributed by atoms with E-state index in [9.17, 15) is 9.59 Å². The average molecular weight is 452 g/mol. The van der Waals surface area contributed by atoms with Crippen molar-refractivity contribution in [1.82, 2.24) is 5.32 Å². The van der Waals surface area contributed by atoms with Gasteiger partial charge in [-0.05, 0) is 42.2 Å². The van der Waals surface area contributed by atoms with Crippen LogP contribution in [0, 0.1) is 6.92 Å². The largest absolute Gasteiger partial charge is 0.383 e. The number of amides is 2.